The van der Waals surface area contributed by atoms with E-state index in [2.05, 4.69) is 104 Å². The van der Waals surface area contributed by atoms with Crippen molar-refractivity contribution in [1.29, 1.82) is 0 Å². The van der Waals surface area contributed by atoms with Crippen LogP contribution in [0.25, 0.3) is 0 Å². The first-order valence-corrected chi connectivity index (χ1v) is 23.0. The zero-order valence-electron chi connectivity index (χ0n) is 35.9. The van der Waals surface area contributed by atoms with Crippen molar-refractivity contribution in [2.24, 2.45) is 0 Å². The van der Waals surface area contributed by atoms with Gasteiger partial charge in [0.05, 0.1) is 18.8 Å². The Morgan fingerprint density at radius 2 is 0.818 bits per heavy atom. The summed E-state index contributed by atoms with van der Waals surface area (Å²) in [5.41, 5.74) is 0. The van der Waals surface area contributed by atoms with Crippen LogP contribution >= 0.6 is 0 Å². The van der Waals surface area contributed by atoms with E-state index in [1.165, 1.54) is 96.3 Å². The van der Waals surface area contributed by atoms with E-state index in [0.717, 1.165) is 83.5 Å². The van der Waals surface area contributed by atoms with Crippen molar-refractivity contribution < 1.29 is 15.0 Å². The highest BCUT2D eigenvalue weighted by Crippen LogP contribution is 2.13. The standard InChI is InChI=1S/C51H87NO3/c1-3-5-7-9-11-13-15-17-19-21-22-23-24-25-26-27-28-29-30-31-33-35-37-39-41-43-45-47-51(55)52-49(48-53)50(54)46-44-42-40-38-36-34-32-20-18-16-14-12-10-8-6-4-2/h5,7,11,13,17,19,22-23,25-26,28-29,36,38,44,46,49-50,53-54H,3-4,6,8-10,12,14-16,18,20-21,24,27,30-35,37,39-43,45,47-48H2,1-2H3,(H,52,55)/b7-5-,13-11-,19-17-,23-22-,26-25-,29-28-,38-36+,46-44+. The molecule has 0 spiro atoms. The highest BCUT2D eigenvalue weighted by Gasteiger charge is 2.17. The van der Waals surface area contributed by atoms with E-state index in [1.807, 2.05) is 6.08 Å². The minimum atomic E-state index is -0.871. The Morgan fingerprint density at radius 1 is 0.455 bits per heavy atom. The van der Waals surface area contributed by atoms with Gasteiger partial charge in [-0.15, -0.1) is 0 Å². The van der Waals surface area contributed by atoms with Gasteiger partial charge in [0.15, 0.2) is 0 Å². The molecule has 0 aliphatic carbocycles. The predicted octanol–water partition coefficient (Wildman–Crippen LogP) is 14.6. The van der Waals surface area contributed by atoms with E-state index >= 15 is 0 Å². The van der Waals surface area contributed by atoms with Crippen LogP contribution in [0.15, 0.2) is 97.2 Å². The predicted molar refractivity (Wildman–Crippen MR) is 243 cm³/mol. The van der Waals surface area contributed by atoms with Crippen LogP contribution in [0.4, 0.5) is 0 Å². The van der Waals surface area contributed by atoms with Crippen molar-refractivity contribution in [2.45, 2.75) is 212 Å². The first-order chi connectivity index (χ1) is 27.2. The van der Waals surface area contributed by atoms with Crippen LogP contribution < -0.4 is 5.32 Å². The lowest BCUT2D eigenvalue weighted by Gasteiger charge is -2.19. The van der Waals surface area contributed by atoms with Crippen molar-refractivity contribution in [2.75, 3.05) is 6.61 Å². The second-order valence-corrected chi connectivity index (χ2v) is 15.1. The molecule has 0 aromatic carbocycles. The van der Waals surface area contributed by atoms with Gasteiger partial charge in [0.2, 0.25) is 5.91 Å². The Kier molecular flexibility index (Phi) is 43.5. The van der Waals surface area contributed by atoms with Crippen LogP contribution in [0.5, 0.6) is 0 Å². The molecule has 314 valence electrons. The van der Waals surface area contributed by atoms with Gasteiger partial charge < -0.3 is 15.5 Å². The molecule has 0 saturated carbocycles. The number of aliphatic hydroxyl groups is 2. The Balaban J connectivity index is 3.67. The Labute approximate surface area is 341 Å². The molecule has 0 radical (unpaired) electrons. The molecule has 3 N–H and O–H groups in total. The topological polar surface area (TPSA) is 69.6 Å². The number of rotatable bonds is 40. The molecule has 0 aliphatic rings. The van der Waals surface area contributed by atoms with Gasteiger partial charge in [-0.05, 0) is 83.5 Å². The van der Waals surface area contributed by atoms with Crippen LogP contribution in [0.2, 0.25) is 0 Å². The van der Waals surface area contributed by atoms with Crippen LogP contribution in [0.3, 0.4) is 0 Å². The molecule has 0 rings (SSSR count). The molecule has 1 amide bonds. The Hall–Kier alpha value is -2.69. The van der Waals surface area contributed by atoms with Gasteiger partial charge in [-0.3, -0.25) is 4.79 Å². The highest BCUT2D eigenvalue weighted by atomic mass is 16.3. The average molecular weight is 762 g/mol. The van der Waals surface area contributed by atoms with Crippen molar-refractivity contribution in [3.8, 4) is 0 Å². The number of allylic oxidation sites excluding steroid dienone is 15. The largest absolute Gasteiger partial charge is 0.394 e. The van der Waals surface area contributed by atoms with E-state index in [1.54, 1.807) is 6.08 Å². The van der Waals surface area contributed by atoms with Crippen molar-refractivity contribution in [3.05, 3.63) is 97.2 Å². The zero-order chi connectivity index (χ0) is 40.0. The fraction of sp³-hybridized carbons (Fsp3) is 0.667. The summed E-state index contributed by atoms with van der Waals surface area (Å²) >= 11 is 0. The van der Waals surface area contributed by atoms with Gasteiger partial charge in [-0.2, -0.15) is 0 Å². The van der Waals surface area contributed by atoms with Gasteiger partial charge in [0.1, 0.15) is 0 Å². The number of hydrogen-bond donors (Lipinski definition) is 3. The third-order valence-electron chi connectivity index (χ3n) is 9.80. The monoisotopic (exact) mass is 762 g/mol. The second-order valence-electron chi connectivity index (χ2n) is 15.1. The first-order valence-electron chi connectivity index (χ1n) is 23.0. The molecule has 0 fully saturated rings. The Bertz CT molecular complexity index is 1050. The van der Waals surface area contributed by atoms with E-state index in [9.17, 15) is 15.0 Å². The van der Waals surface area contributed by atoms with E-state index in [-0.39, 0.29) is 12.5 Å². The third kappa shape index (κ3) is 42.3. The molecular formula is C51H87NO3. The molecule has 2 unspecified atom stereocenters. The van der Waals surface area contributed by atoms with Crippen molar-refractivity contribution in [3.63, 3.8) is 0 Å². The summed E-state index contributed by atoms with van der Waals surface area (Å²) in [6.07, 6.45) is 68.0. The number of carbonyl (C=O) groups excluding carboxylic acids is 1. The first kappa shape index (κ1) is 52.3. The molecule has 0 bridgehead atoms. The average Bonchev–Trinajstić information content (AvgIpc) is 3.19. The highest BCUT2D eigenvalue weighted by molar-refractivity contribution is 5.76. The Morgan fingerprint density at radius 3 is 1.27 bits per heavy atom. The summed E-state index contributed by atoms with van der Waals surface area (Å²) in [6, 6.07) is -0.649. The van der Waals surface area contributed by atoms with Gasteiger partial charge in [-0.1, -0.05) is 207 Å². The molecule has 0 aromatic heterocycles. The number of nitrogens with one attached hydrogen (secondary N) is 1. The number of unbranched alkanes of at least 4 members (excludes halogenated alkanes) is 19. The van der Waals surface area contributed by atoms with Crippen LogP contribution in [0, 0.1) is 0 Å². The molecule has 0 heterocycles. The molecule has 0 aliphatic heterocycles. The molecule has 0 aromatic rings. The fourth-order valence-corrected chi connectivity index (χ4v) is 6.31. The van der Waals surface area contributed by atoms with E-state index in [4.69, 9.17) is 0 Å². The van der Waals surface area contributed by atoms with Crippen molar-refractivity contribution >= 4 is 5.91 Å². The molecule has 4 nitrogen and oxygen atoms in total. The van der Waals surface area contributed by atoms with Gasteiger partial charge in [0, 0.05) is 6.42 Å². The second kappa shape index (κ2) is 45.7. The number of aliphatic hydroxyl groups excluding tert-OH is 2. The van der Waals surface area contributed by atoms with Crippen LogP contribution in [0.1, 0.15) is 200 Å². The quantitative estimate of drug-likeness (QED) is 0.0430. The maximum absolute atomic E-state index is 12.4. The summed E-state index contributed by atoms with van der Waals surface area (Å²) in [6.45, 7) is 4.17. The number of carbonyl (C=O) groups is 1. The summed E-state index contributed by atoms with van der Waals surface area (Å²) in [4.78, 5) is 12.4. The SMILES string of the molecule is CC/C=C\C/C=C\C/C=C\C/C=C\C/C=C\C/C=C\CCCCCCCCCCC(=O)NC(CO)C(O)/C=C/CC/C=C/CCCCCCCCCCCC. The fourth-order valence-electron chi connectivity index (χ4n) is 6.31. The van der Waals surface area contributed by atoms with Crippen LogP contribution in [-0.2, 0) is 4.79 Å². The third-order valence-corrected chi connectivity index (χ3v) is 9.80. The molecule has 55 heavy (non-hydrogen) atoms. The minimum absolute atomic E-state index is 0.0872. The van der Waals surface area contributed by atoms with Crippen LogP contribution in [-0.4, -0.2) is 34.9 Å². The number of amides is 1. The maximum Gasteiger partial charge on any atom is 0.220 e. The minimum Gasteiger partial charge on any atom is -0.394 e. The smallest absolute Gasteiger partial charge is 0.220 e. The van der Waals surface area contributed by atoms with E-state index < -0.39 is 12.1 Å². The van der Waals surface area contributed by atoms with Gasteiger partial charge >= 0.3 is 0 Å². The van der Waals surface area contributed by atoms with Gasteiger partial charge in [0.25, 0.3) is 0 Å². The zero-order valence-corrected chi connectivity index (χ0v) is 35.9. The van der Waals surface area contributed by atoms with Crippen molar-refractivity contribution in [1.82, 2.24) is 5.32 Å². The molecular weight excluding hydrogens is 675 g/mol. The summed E-state index contributed by atoms with van der Waals surface area (Å²) in [5.74, 6) is -0.0872. The molecule has 0 saturated heterocycles. The van der Waals surface area contributed by atoms with Gasteiger partial charge in [-0.25, -0.2) is 0 Å². The van der Waals surface area contributed by atoms with E-state index in [0.29, 0.717) is 6.42 Å². The lowest BCUT2D eigenvalue weighted by Crippen LogP contribution is -2.45. The maximum atomic E-state index is 12.4. The summed E-state index contributed by atoms with van der Waals surface area (Å²) in [7, 11) is 0. The molecule has 2 atom stereocenters. The summed E-state index contributed by atoms with van der Waals surface area (Å²) < 4.78 is 0. The molecule has 4 heteroatoms. The number of hydrogen-bond acceptors (Lipinski definition) is 3. The normalized spacial score (nSPS) is 13.9. The summed E-state index contributed by atoms with van der Waals surface area (Å²) in [5, 5.41) is 23.0. The lowest BCUT2D eigenvalue weighted by molar-refractivity contribution is -0.123. The lowest BCUT2D eigenvalue weighted by atomic mass is 10.1.